The van der Waals surface area contributed by atoms with Crippen LogP contribution in [0.5, 0.6) is 0 Å². The number of aliphatic hydroxyl groups excluding tert-OH is 1. The van der Waals surface area contributed by atoms with Crippen molar-refractivity contribution in [2.24, 2.45) is 17.3 Å². The van der Waals surface area contributed by atoms with Crippen molar-refractivity contribution in [1.82, 2.24) is 0 Å². The third-order valence-electron chi connectivity index (χ3n) is 5.56. The van der Waals surface area contributed by atoms with Crippen LogP contribution in [0.1, 0.15) is 73.6 Å². The molecule has 2 nitrogen and oxygen atoms in total. The molecule has 1 N–H and O–H groups in total. The lowest BCUT2D eigenvalue weighted by molar-refractivity contribution is -0.106. The van der Waals surface area contributed by atoms with Gasteiger partial charge in [-0.15, -0.1) is 0 Å². The molecule has 0 spiro atoms. The van der Waals surface area contributed by atoms with E-state index in [9.17, 15) is 5.11 Å². The van der Waals surface area contributed by atoms with E-state index < -0.39 is 0 Å². The second-order valence-corrected chi connectivity index (χ2v) is 8.61. The third kappa shape index (κ3) is 3.00. The van der Waals surface area contributed by atoms with Gasteiger partial charge in [-0.25, -0.2) is 0 Å². The van der Waals surface area contributed by atoms with Crippen LogP contribution in [-0.4, -0.2) is 22.4 Å². The van der Waals surface area contributed by atoms with Crippen LogP contribution in [0.3, 0.4) is 0 Å². The van der Waals surface area contributed by atoms with E-state index in [0.717, 1.165) is 6.42 Å². The standard InChI is InChI=1S/C17H32O2/c1-15(2)10-8-7-9-12(15)14(18)13-11-16(3,4)19-17(13,5)6/h12-14,18H,7-11H2,1-6H3. The molecule has 0 radical (unpaired) electrons. The average Bonchev–Trinajstić information content (AvgIpc) is 2.45. The topological polar surface area (TPSA) is 29.5 Å². The summed E-state index contributed by atoms with van der Waals surface area (Å²) in [5, 5.41) is 11.0. The molecule has 1 aliphatic heterocycles. The van der Waals surface area contributed by atoms with E-state index in [1.165, 1.54) is 25.7 Å². The quantitative estimate of drug-likeness (QED) is 0.815. The monoisotopic (exact) mass is 268 g/mol. The highest BCUT2D eigenvalue weighted by Gasteiger charge is 2.52. The Morgan fingerprint density at radius 2 is 1.63 bits per heavy atom. The zero-order valence-electron chi connectivity index (χ0n) is 13.6. The molecule has 3 atom stereocenters. The molecule has 2 rings (SSSR count). The van der Waals surface area contributed by atoms with Gasteiger partial charge in [0.15, 0.2) is 0 Å². The van der Waals surface area contributed by atoms with E-state index >= 15 is 0 Å². The van der Waals surface area contributed by atoms with E-state index in [4.69, 9.17) is 4.74 Å². The zero-order valence-corrected chi connectivity index (χ0v) is 13.6. The highest BCUT2D eigenvalue weighted by atomic mass is 16.5. The first-order valence-electron chi connectivity index (χ1n) is 7.93. The number of hydrogen-bond donors (Lipinski definition) is 1. The Bertz CT molecular complexity index is 330. The van der Waals surface area contributed by atoms with Crippen LogP contribution in [0.25, 0.3) is 0 Å². The van der Waals surface area contributed by atoms with Crippen molar-refractivity contribution in [3.63, 3.8) is 0 Å². The highest BCUT2D eigenvalue weighted by molar-refractivity contribution is 5.01. The van der Waals surface area contributed by atoms with Crippen molar-refractivity contribution >= 4 is 0 Å². The van der Waals surface area contributed by atoms with Crippen molar-refractivity contribution in [1.29, 1.82) is 0 Å². The molecule has 2 heteroatoms. The number of hydrogen-bond acceptors (Lipinski definition) is 2. The molecule has 0 aromatic heterocycles. The Kier molecular flexibility index (Phi) is 3.81. The van der Waals surface area contributed by atoms with Crippen molar-refractivity contribution in [3.05, 3.63) is 0 Å². The molecule has 0 aromatic carbocycles. The summed E-state index contributed by atoms with van der Waals surface area (Å²) in [7, 11) is 0. The van der Waals surface area contributed by atoms with E-state index in [1.54, 1.807) is 0 Å². The number of ether oxygens (including phenoxy) is 1. The first-order valence-corrected chi connectivity index (χ1v) is 7.93. The molecule has 0 bridgehead atoms. The van der Waals surface area contributed by atoms with E-state index in [-0.39, 0.29) is 28.6 Å². The Morgan fingerprint density at radius 3 is 2.11 bits per heavy atom. The fourth-order valence-corrected chi connectivity index (χ4v) is 4.57. The zero-order chi connectivity index (χ0) is 14.5. The van der Waals surface area contributed by atoms with Gasteiger partial charge in [-0.05, 0) is 58.3 Å². The van der Waals surface area contributed by atoms with Gasteiger partial charge in [-0.2, -0.15) is 0 Å². The van der Waals surface area contributed by atoms with Gasteiger partial charge < -0.3 is 9.84 Å². The van der Waals surface area contributed by atoms with Gasteiger partial charge in [0.05, 0.1) is 17.3 Å². The maximum Gasteiger partial charge on any atom is 0.0687 e. The van der Waals surface area contributed by atoms with Gasteiger partial charge in [-0.3, -0.25) is 0 Å². The summed E-state index contributed by atoms with van der Waals surface area (Å²) in [6, 6.07) is 0. The van der Waals surface area contributed by atoms with Crippen LogP contribution < -0.4 is 0 Å². The fraction of sp³-hybridized carbons (Fsp3) is 1.00. The van der Waals surface area contributed by atoms with Crippen LogP contribution in [0, 0.1) is 17.3 Å². The minimum absolute atomic E-state index is 0.103. The molecule has 0 amide bonds. The van der Waals surface area contributed by atoms with E-state index in [0.29, 0.717) is 5.92 Å². The van der Waals surface area contributed by atoms with Crippen molar-refractivity contribution in [3.8, 4) is 0 Å². The summed E-state index contributed by atoms with van der Waals surface area (Å²) >= 11 is 0. The Hall–Kier alpha value is -0.0800. The first kappa shape index (κ1) is 15.3. The van der Waals surface area contributed by atoms with Gasteiger partial charge in [0, 0.05) is 5.92 Å². The Labute approximate surface area is 118 Å². The minimum atomic E-state index is -0.230. The maximum absolute atomic E-state index is 11.0. The van der Waals surface area contributed by atoms with Gasteiger partial charge in [0.25, 0.3) is 0 Å². The molecule has 2 aliphatic rings. The van der Waals surface area contributed by atoms with Crippen LogP contribution in [0.4, 0.5) is 0 Å². The molecular formula is C17H32O2. The predicted octanol–water partition coefficient (Wildman–Crippen LogP) is 4.16. The summed E-state index contributed by atoms with van der Waals surface area (Å²) in [5.74, 6) is 0.674. The lowest BCUT2D eigenvalue weighted by atomic mass is 9.63. The van der Waals surface area contributed by atoms with Crippen LogP contribution in [0.15, 0.2) is 0 Å². The first-order chi connectivity index (χ1) is 8.55. The molecule has 0 aromatic rings. The lowest BCUT2D eigenvalue weighted by Crippen LogP contribution is -2.45. The van der Waals surface area contributed by atoms with Crippen LogP contribution in [0.2, 0.25) is 0 Å². The van der Waals surface area contributed by atoms with Crippen LogP contribution >= 0.6 is 0 Å². The van der Waals surface area contributed by atoms with Gasteiger partial charge >= 0.3 is 0 Å². The minimum Gasteiger partial charge on any atom is -0.392 e. The highest BCUT2D eigenvalue weighted by Crippen LogP contribution is 2.50. The van der Waals surface area contributed by atoms with E-state index in [2.05, 4.69) is 41.5 Å². The molecule has 3 unspecified atom stereocenters. The second-order valence-electron chi connectivity index (χ2n) is 8.61. The molecule has 1 saturated heterocycles. The Morgan fingerprint density at radius 1 is 1.00 bits per heavy atom. The predicted molar refractivity (Wildman–Crippen MR) is 79.1 cm³/mol. The van der Waals surface area contributed by atoms with Crippen LogP contribution in [-0.2, 0) is 4.74 Å². The number of rotatable bonds is 2. The molecule has 1 heterocycles. The third-order valence-corrected chi connectivity index (χ3v) is 5.56. The van der Waals surface area contributed by atoms with Crippen molar-refractivity contribution in [2.45, 2.75) is 91.0 Å². The molecule has 19 heavy (non-hydrogen) atoms. The van der Waals surface area contributed by atoms with Crippen molar-refractivity contribution < 1.29 is 9.84 Å². The van der Waals surface area contributed by atoms with E-state index in [1.807, 2.05) is 0 Å². The summed E-state index contributed by atoms with van der Waals surface area (Å²) in [5.41, 5.74) is -0.0507. The van der Waals surface area contributed by atoms with Gasteiger partial charge in [-0.1, -0.05) is 26.7 Å². The summed E-state index contributed by atoms with van der Waals surface area (Å²) in [6.07, 6.45) is 5.72. The fourth-order valence-electron chi connectivity index (χ4n) is 4.57. The molecule has 1 aliphatic carbocycles. The molecular weight excluding hydrogens is 236 g/mol. The smallest absolute Gasteiger partial charge is 0.0687 e. The summed E-state index contributed by atoms with van der Waals surface area (Å²) in [4.78, 5) is 0. The largest absolute Gasteiger partial charge is 0.392 e. The molecule has 1 saturated carbocycles. The van der Waals surface area contributed by atoms with Gasteiger partial charge in [0.1, 0.15) is 0 Å². The normalized spacial score (nSPS) is 38.1. The SMILES string of the molecule is CC1(C)CC(C(O)C2CCCCC2(C)C)C(C)(C)O1. The maximum atomic E-state index is 11.0. The van der Waals surface area contributed by atoms with Gasteiger partial charge in [0.2, 0.25) is 0 Å². The summed E-state index contributed by atoms with van der Waals surface area (Å²) in [6.45, 7) is 13.2. The lowest BCUT2D eigenvalue weighted by Gasteiger charge is -2.45. The molecule has 112 valence electrons. The number of aliphatic hydroxyl groups is 1. The Balaban J connectivity index is 2.17. The average molecular weight is 268 g/mol. The summed E-state index contributed by atoms with van der Waals surface area (Å²) < 4.78 is 6.17. The molecule has 2 fully saturated rings. The van der Waals surface area contributed by atoms with Crippen molar-refractivity contribution in [2.75, 3.05) is 0 Å². The second kappa shape index (κ2) is 4.73.